The molecule has 10 heavy (non-hydrogen) atoms. The second-order valence-corrected chi connectivity index (χ2v) is 3.41. The van der Waals surface area contributed by atoms with Gasteiger partial charge in [-0.2, -0.15) is 0 Å². The lowest BCUT2D eigenvalue weighted by Crippen LogP contribution is -2.05. The van der Waals surface area contributed by atoms with Crippen LogP contribution >= 0.6 is 22.6 Å². The van der Waals surface area contributed by atoms with Crippen molar-refractivity contribution in [3.05, 3.63) is 22.2 Å². The highest BCUT2D eigenvalue weighted by Crippen LogP contribution is 2.20. The third-order valence-corrected chi connectivity index (χ3v) is 1.89. The highest BCUT2D eigenvalue weighted by molar-refractivity contribution is 14.1. The first kappa shape index (κ1) is 6.21. The maximum atomic E-state index is 5.16. The van der Waals surface area contributed by atoms with Crippen molar-refractivity contribution in [2.24, 2.45) is 0 Å². The largest absolute Gasteiger partial charge is 0.433 e. The number of ether oxygens (including phenoxy) is 1. The second-order valence-electron chi connectivity index (χ2n) is 2.02. The molecule has 0 fully saturated rings. The average Bonchev–Trinajstić information content (AvgIpc) is 2.33. The molecule has 0 unspecified atom stereocenters. The van der Waals surface area contributed by atoms with Gasteiger partial charge in [0.25, 0.3) is 0 Å². The van der Waals surface area contributed by atoms with E-state index in [1.807, 2.05) is 10.8 Å². The number of allylic oxidation sites excluding steroid dienone is 1. The van der Waals surface area contributed by atoms with Gasteiger partial charge in [-0.15, -0.1) is 0 Å². The number of hydrogen-bond acceptors (Lipinski definition) is 2. The van der Waals surface area contributed by atoms with Crippen LogP contribution in [0, 0.1) is 0 Å². The summed E-state index contributed by atoms with van der Waals surface area (Å²) in [5.74, 6) is 0. The van der Waals surface area contributed by atoms with E-state index in [1.54, 1.807) is 12.5 Å². The lowest BCUT2D eigenvalue weighted by molar-refractivity contribution is 0.395. The summed E-state index contributed by atoms with van der Waals surface area (Å²) in [6, 6.07) is 0.681. The van der Waals surface area contributed by atoms with Crippen LogP contribution in [0.25, 0.3) is 0 Å². The van der Waals surface area contributed by atoms with Crippen molar-refractivity contribution in [2.75, 3.05) is 0 Å². The summed E-state index contributed by atoms with van der Waals surface area (Å²) in [7, 11) is 0. The topological polar surface area (TPSA) is 27.1 Å². The summed E-state index contributed by atoms with van der Waals surface area (Å²) < 4.78 is 8.30. The minimum atomic E-state index is 0.681. The Labute approximate surface area is 71.8 Å². The van der Waals surface area contributed by atoms with Crippen LogP contribution in [0.3, 0.4) is 0 Å². The molecule has 0 aliphatic carbocycles. The van der Waals surface area contributed by atoms with E-state index in [1.165, 1.54) is 3.58 Å². The number of hydrogen-bond donors (Lipinski definition) is 0. The number of rotatable bonds is 0. The van der Waals surface area contributed by atoms with Crippen LogP contribution < -0.4 is 4.74 Å². The predicted octanol–water partition coefficient (Wildman–Crippen LogP) is 1.55. The van der Waals surface area contributed by atoms with Gasteiger partial charge in [-0.25, -0.2) is 4.98 Å². The summed E-state index contributed by atoms with van der Waals surface area (Å²) in [4.78, 5) is 3.98. The molecule has 52 valence electrons. The second kappa shape index (κ2) is 2.26. The van der Waals surface area contributed by atoms with Gasteiger partial charge in [0.15, 0.2) is 0 Å². The van der Waals surface area contributed by atoms with Crippen LogP contribution in [0.5, 0.6) is 6.01 Å². The van der Waals surface area contributed by atoms with E-state index < -0.39 is 0 Å². The summed E-state index contributed by atoms with van der Waals surface area (Å²) in [6.45, 7) is 0.885. The molecule has 1 aliphatic heterocycles. The van der Waals surface area contributed by atoms with Gasteiger partial charge in [0.2, 0.25) is 0 Å². The Morgan fingerprint density at radius 2 is 2.60 bits per heavy atom. The first-order chi connectivity index (χ1) is 4.86. The van der Waals surface area contributed by atoms with Gasteiger partial charge in [-0.3, -0.25) is 4.57 Å². The Morgan fingerprint density at radius 1 is 1.70 bits per heavy atom. The molecule has 2 heterocycles. The van der Waals surface area contributed by atoms with Gasteiger partial charge >= 0.3 is 6.01 Å². The summed E-state index contributed by atoms with van der Waals surface area (Å²) in [6.07, 6.45) is 5.36. The molecule has 1 aliphatic rings. The molecule has 0 aromatic carbocycles. The maximum Gasteiger partial charge on any atom is 0.301 e. The molecule has 1 aromatic rings. The van der Waals surface area contributed by atoms with Gasteiger partial charge in [0.1, 0.15) is 6.26 Å². The molecule has 2 rings (SSSR count). The Kier molecular flexibility index (Phi) is 1.40. The third-order valence-electron chi connectivity index (χ3n) is 1.29. The molecular weight excluding hydrogens is 243 g/mol. The fourth-order valence-electron chi connectivity index (χ4n) is 0.851. The van der Waals surface area contributed by atoms with Gasteiger partial charge in [0, 0.05) is 16.0 Å². The molecular formula is C6H5IN2O. The molecule has 4 heteroatoms. The predicted molar refractivity (Wildman–Crippen MR) is 45.0 cm³/mol. The van der Waals surface area contributed by atoms with E-state index in [-0.39, 0.29) is 0 Å². The number of nitrogens with zero attached hydrogens (tertiary/aromatic N) is 2. The minimum absolute atomic E-state index is 0.681. The molecule has 0 bridgehead atoms. The van der Waals surface area contributed by atoms with Gasteiger partial charge in [-0.1, -0.05) is 0 Å². The van der Waals surface area contributed by atoms with E-state index >= 15 is 0 Å². The van der Waals surface area contributed by atoms with Crippen molar-refractivity contribution < 1.29 is 4.74 Å². The van der Waals surface area contributed by atoms with Crippen molar-refractivity contribution in [3.63, 3.8) is 0 Å². The van der Waals surface area contributed by atoms with Crippen molar-refractivity contribution in [3.8, 4) is 6.01 Å². The first-order valence-electron chi connectivity index (χ1n) is 2.88. The van der Waals surface area contributed by atoms with E-state index in [0.29, 0.717) is 6.01 Å². The van der Waals surface area contributed by atoms with Gasteiger partial charge < -0.3 is 4.74 Å². The number of imidazole rings is 1. The standard InChI is InChI=1S/C6H5IN2O/c7-5-3-9-2-1-8-6(9)10-4-5/h1-2,4H,3H2. The minimum Gasteiger partial charge on any atom is -0.433 e. The van der Waals surface area contributed by atoms with Crippen molar-refractivity contribution >= 4 is 22.6 Å². The highest BCUT2D eigenvalue weighted by Gasteiger charge is 2.08. The zero-order valence-electron chi connectivity index (χ0n) is 5.12. The molecule has 0 N–H and O–H groups in total. The quantitative estimate of drug-likeness (QED) is 0.651. The first-order valence-corrected chi connectivity index (χ1v) is 3.96. The lowest BCUT2D eigenvalue weighted by atomic mass is 10.6. The Bertz CT molecular complexity index is 279. The third kappa shape index (κ3) is 0.920. The monoisotopic (exact) mass is 248 g/mol. The van der Waals surface area contributed by atoms with Crippen LogP contribution in [0.4, 0.5) is 0 Å². The van der Waals surface area contributed by atoms with Gasteiger partial charge in [-0.05, 0) is 22.6 Å². The molecule has 1 aromatic heterocycles. The summed E-state index contributed by atoms with van der Waals surface area (Å²) in [5.41, 5.74) is 0. The van der Waals surface area contributed by atoms with Crippen LogP contribution in [0.15, 0.2) is 22.2 Å². The molecule has 0 radical (unpaired) electrons. The molecule has 3 nitrogen and oxygen atoms in total. The Morgan fingerprint density at radius 3 is 3.50 bits per heavy atom. The number of aromatic nitrogens is 2. The van der Waals surface area contributed by atoms with Crippen LogP contribution in [0.1, 0.15) is 0 Å². The number of halogens is 1. The molecule has 0 spiro atoms. The van der Waals surface area contributed by atoms with E-state index in [2.05, 4.69) is 27.6 Å². The van der Waals surface area contributed by atoms with Crippen molar-refractivity contribution in [1.82, 2.24) is 9.55 Å². The van der Waals surface area contributed by atoms with Crippen LogP contribution in [-0.2, 0) is 6.54 Å². The lowest BCUT2D eigenvalue weighted by Gasteiger charge is -2.10. The smallest absolute Gasteiger partial charge is 0.301 e. The maximum absolute atomic E-state index is 5.16. The van der Waals surface area contributed by atoms with Crippen molar-refractivity contribution in [1.29, 1.82) is 0 Å². The SMILES string of the molecule is IC1=COc2nccn2C1. The van der Waals surface area contributed by atoms with Crippen molar-refractivity contribution in [2.45, 2.75) is 6.54 Å². The summed E-state index contributed by atoms with van der Waals surface area (Å²) >= 11 is 2.24. The van der Waals surface area contributed by atoms with Crippen LogP contribution in [-0.4, -0.2) is 9.55 Å². The Balaban J connectivity index is 2.39. The average molecular weight is 248 g/mol. The molecule has 0 amide bonds. The molecule has 0 atom stereocenters. The summed E-state index contributed by atoms with van der Waals surface area (Å²) in [5, 5.41) is 0. The number of fused-ring (bicyclic) bond motifs is 1. The van der Waals surface area contributed by atoms with E-state index in [4.69, 9.17) is 4.74 Å². The Hall–Kier alpha value is -0.520. The van der Waals surface area contributed by atoms with E-state index in [0.717, 1.165) is 6.54 Å². The fraction of sp³-hybridized carbons (Fsp3) is 0.167. The fourth-order valence-corrected chi connectivity index (χ4v) is 1.35. The van der Waals surface area contributed by atoms with E-state index in [9.17, 15) is 0 Å². The zero-order valence-corrected chi connectivity index (χ0v) is 7.28. The highest BCUT2D eigenvalue weighted by atomic mass is 127. The molecule has 0 saturated carbocycles. The molecule has 0 saturated heterocycles. The van der Waals surface area contributed by atoms with Gasteiger partial charge in [0.05, 0.1) is 6.54 Å². The normalized spacial score (nSPS) is 15.5. The zero-order chi connectivity index (χ0) is 6.97. The van der Waals surface area contributed by atoms with Crippen LogP contribution in [0.2, 0.25) is 0 Å².